The summed E-state index contributed by atoms with van der Waals surface area (Å²) in [6, 6.07) is 0. The van der Waals surface area contributed by atoms with Crippen LogP contribution in [0.2, 0.25) is 0 Å². The van der Waals surface area contributed by atoms with Crippen LogP contribution in [0.25, 0.3) is 0 Å². The molecule has 1 rings (SSSR count). The van der Waals surface area contributed by atoms with E-state index < -0.39 is 16.8 Å². The Morgan fingerprint density at radius 1 is 1.33 bits per heavy atom. The van der Waals surface area contributed by atoms with Gasteiger partial charge in [0, 0.05) is 16.0 Å². The molecule has 0 radical (unpaired) electrons. The number of esters is 1. The van der Waals surface area contributed by atoms with Crippen LogP contribution in [0.4, 0.5) is 0 Å². The molecule has 5 heteroatoms. The van der Waals surface area contributed by atoms with Crippen LogP contribution in [0, 0.1) is 5.92 Å². The number of Topliss-reactive ketones (excluding diaryl/α,β-unsaturated/α-hetero) is 1. The highest BCUT2D eigenvalue weighted by Gasteiger charge is 2.25. The van der Waals surface area contributed by atoms with Gasteiger partial charge >= 0.3 is 5.97 Å². The molecule has 1 saturated carbocycles. The first-order valence-electron chi connectivity index (χ1n) is 6.57. The van der Waals surface area contributed by atoms with Gasteiger partial charge in [-0.25, -0.2) is 0 Å². The van der Waals surface area contributed by atoms with Crippen LogP contribution < -0.4 is 0 Å². The summed E-state index contributed by atoms with van der Waals surface area (Å²) in [5, 5.41) is 0.125. The van der Waals surface area contributed by atoms with Crippen molar-refractivity contribution in [1.82, 2.24) is 0 Å². The van der Waals surface area contributed by atoms with Crippen molar-refractivity contribution < 1.29 is 18.5 Å². The third-order valence-corrected chi connectivity index (χ3v) is 4.99. The molecule has 1 aliphatic carbocycles. The van der Waals surface area contributed by atoms with Crippen LogP contribution in [-0.2, 0) is 25.1 Å². The molecule has 0 saturated heterocycles. The van der Waals surface area contributed by atoms with E-state index in [1.165, 1.54) is 6.42 Å². The number of carbonyl (C=O) groups excluding carboxylic acids is 2. The largest absolute Gasteiger partial charge is 0.466 e. The fourth-order valence-electron chi connectivity index (χ4n) is 2.32. The molecule has 0 bridgehead atoms. The second-order valence-electron chi connectivity index (χ2n) is 4.94. The summed E-state index contributed by atoms with van der Waals surface area (Å²) in [5.41, 5.74) is 0. The Morgan fingerprint density at radius 2 is 2.06 bits per heavy atom. The van der Waals surface area contributed by atoms with Crippen LogP contribution in [0.1, 0.15) is 46.0 Å². The molecule has 1 aliphatic rings. The topological polar surface area (TPSA) is 60.4 Å². The molecular weight excluding hydrogens is 252 g/mol. The Bertz CT molecular complexity index is 327. The van der Waals surface area contributed by atoms with E-state index in [0.29, 0.717) is 5.92 Å². The predicted molar refractivity (Wildman–Crippen MR) is 70.7 cm³/mol. The second-order valence-corrected chi connectivity index (χ2v) is 6.66. The van der Waals surface area contributed by atoms with Crippen LogP contribution in [0.3, 0.4) is 0 Å². The third-order valence-electron chi connectivity index (χ3n) is 3.21. The molecule has 3 atom stereocenters. The molecule has 4 nitrogen and oxygen atoms in total. The van der Waals surface area contributed by atoms with Gasteiger partial charge in [-0.3, -0.25) is 13.8 Å². The van der Waals surface area contributed by atoms with Crippen molar-refractivity contribution in [2.45, 2.75) is 51.2 Å². The minimum atomic E-state index is -1.13. The fourth-order valence-corrected chi connectivity index (χ4v) is 3.95. The van der Waals surface area contributed by atoms with Gasteiger partial charge in [0.15, 0.2) is 5.78 Å². The van der Waals surface area contributed by atoms with Gasteiger partial charge in [0.1, 0.15) is 6.42 Å². The molecule has 0 heterocycles. The first kappa shape index (κ1) is 15.3. The molecule has 0 amide bonds. The van der Waals surface area contributed by atoms with Crippen LogP contribution in [0.15, 0.2) is 0 Å². The number of hydrogen-bond donors (Lipinski definition) is 0. The van der Waals surface area contributed by atoms with Gasteiger partial charge in [0.25, 0.3) is 0 Å². The number of rotatable bonds is 6. The average molecular weight is 274 g/mol. The van der Waals surface area contributed by atoms with Crippen LogP contribution in [0.5, 0.6) is 0 Å². The lowest BCUT2D eigenvalue weighted by Gasteiger charge is -2.25. The molecule has 104 valence electrons. The van der Waals surface area contributed by atoms with Crippen molar-refractivity contribution in [3.63, 3.8) is 0 Å². The maximum atomic E-state index is 12.0. The van der Waals surface area contributed by atoms with E-state index in [-0.39, 0.29) is 29.8 Å². The highest BCUT2D eigenvalue weighted by Crippen LogP contribution is 2.27. The van der Waals surface area contributed by atoms with Gasteiger partial charge in [0.05, 0.1) is 12.4 Å². The highest BCUT2D eigenvalue weighted by atomic mass is 32.2. The molecule has 0 aromatic heterocycles. The van der Waals surface area contributed by atoms with Crippen LogP contribution in [-0.4, -0.2) is 33.6 Å². The molecule has 1 fully saturated rings. The van der Waals surface area contributed by atoms with Gasteiger partial charge < -0.3 is 4.74 Å². The fraction of sp³-hybridized carbons (Fsp3) is 0.846. The van der Waals surface area contributed by atoms with Crippen molar-refractivity contribution in [2.75, 3.05) is 12.4 Å². The van der Waals surface area contributed by atoms with Gasteiger partial charge in [-0.15, -0.1) is 0 Å². The number of ether oxygens (including phenoxy) is 1. The predicted octanol–water partition coefficient (Wildman–Crippen LogP) is 1.84. The zero-order chi connectivity index (χ0) is 13.5. The molecule has 0 aromatic carbocycles. The van der Waals surface area contributed by atoms with Crippen molar-refractivity contribution in [3.05, 3.63) is 0 Å². The van der Waals surface area contributed by atoms with Crippen molar-refractivity contribution in [3.8, 4) is 0 Å². The van der Waals surface area contributed by atoms with Crippen LogP contribution >= 0.6 is 0 Å². The molecule has 3 unspecified atom stereocenters. The first-order chi connectivity index (χ1) is 8.52. The van der Waals surface area contributed by atoms with E-state index in [2.05, 4.69) is 6.92 Å². The summed E-state index contributed by atoms with van der Waals surface area (Å²) in [6.07, 6.45) is 3.89. The minimum absolute atomic E-state index is 0.00377. The van der Waals surface area contributed by atoms with E-state index in [4.69, 9.17) is 4.74 Å². The molecule has 0 spiro atoms. The summed E-state index contributed by atoms with van der Waals surface area (Å²) in [6.45, 7) is 4.13. The zero-order valence-corrected chi connectivity index (χ0v) is 12.0. The quantitative estimate of drug-likeness (QED) is 0.547. The molecule has 0 aromatic rings. The third kappa shape index (κ3) is 5.29. The summed E-state index contributed by atoms with van der Waals surface area (Å²) < 4.78 is 16.7. The Balaban J connectivity index is 2.34. The smallest absolute Gasteiger partial charge is 0.313 e. The van der Waals surface area contributed by atoms with Gasteiger partial charge in [-0.2, -0.15) is 0 Å². The Morgan fingerprint density at radius 3 is 2.67 bits per heavy atom. The first-order valence-corrected chi connectivity index (χ1v) is 7.95. The standard InChI is InChI=1S/C13H22O4S/c1-3-17-13(15)8-11(14)9-18(16)12-6-4-5-10(2)7-12/h10,12H,3-9H2,1-2H3. The summed E-state index contributed by atoms with van der Waals surface area (Å²) >= 11 is 0. The maximum absolute atomic E-state index is 12.0. The SMILES string of the molecule is CCOC(=O)CC(=O)CS(=O)C1CCCC(C)C1. The van der Waals surface area contributed by atoms with E-state index >= 15 is 0 Å². The number of ketones is 1. The molecule has 0 aliphatic heterocycles. The summed E-state index contributed by atoms with van der Waals surface area (Å²) in [5.74, 6) is -0.203. The lowest BCUT2D eigenvalue weighted by Crippen LogP contribution is -2.28. The zero-order valence-electron chi connectivity index (χ0n) is 11.1. The lowest BCUT2D eigenvalue weighted by atomic mass is 9.91. The summed E-state index contributed by atoms with van der Waals surface area (Å²) in [7, 11) is -1.13. The van der Waals surface area contributed by atoms with Gasteiger partial charge in [0.2, 0.25) is 0 Å². The Hall–Kier alpha value is -0.710. The average Bonchev–Trinajstić information content (AvgIpc) is 2.28. The highest BCUT2D eigenvalue weighted by molar-refractivity contribution is 7.86. The lowest BCUT2D eigenvalue weighted by molar-refractivity contribution is -0.145. The molecule has 0 N–H and O–H groups in total. The monoisotopic (exact) mass is 274 g/mol. The van der Waals surface area contributed by atoms with Gasteiger partial charge in [-0.1, -0.05) is 19.8 Å². The van der Waals surface area contributed by atoms with E-state index in [1.54, 1.807) is 6.92 Å². The maximum Gasteiger partial charge on any atom is 0.313 e. The summed E-state index contributed by atoms with van der Waals surface area (Å²) in [4.78, 5) is 22.7. The Labute approximate surface area is 111 Å². The second kappa shape index (κ2) is 7.67. The van der Waals surface area contributed by atoms with Crippen molar-refractivity contribution in [1.29, 1.82) is 0 Å². The van der Waals surface area contributed by atoms with E-state index in [0.717, 1.165) is 19.3 Å². The van der Waals surface area contributed by atoms with Crippen molar-refractivity contribution >= 4 is 22.6 Å². The molecule has 18 heavy (non-hydrogen) atoms. The molecular formula is C13H22O4S. The van der Waals surface area contributed by atoms with Crippen molar-refractivity contribution in [2.24, 2.45) is 5.92 Å². The number of carbonyl (C=O) groups is 2. The van der Waals surface area contributed by atoms with E-state index in [1.807, 2.05) is 0 Å². The number of hydrogen-bond acceptors (Lipinski definition) is 4. The van der Waals surface area contributed by atoms with Gasteiger partial charge in [-0.05, 0) is 25.7 Å². The minimum Gasteiger partial charge on any atom is -0.466 e. The normalized spacial score (nSPS) is 25.4. The van der Waals surface area contributed by atoms with E-state index in [9.17, 15) is 13.8 Å². The Kier molecular flexibility index (Phi) is 6.54.